The minimum atomic E-state index is -2.43. The molecule has 15 atom stereocenters. The minimum Gasteiger partial charge on any atom is -0.460 e. The summed E-state index contributed by atoms with van der Waals surface area (Å²) in [4.78, 5) is 72.3. The number of ether oxygens (including phenoxy) is 5. The van der Waals surface area contributed by atoms with Gasteiger partial charge in [0.05, 0.1) is 24.4 Å². The third kappa shape index (κ3) is 14.2. The van der Waals surface area contributed by atoms with Crippen molar-refractivity contribution in [3.63, 3.8) is 0 Å². The third-order valence-corrected chi connectivity index (χ3v) is 15.2. The monoisotopic (exact) mass is 966 g/mol. The molecule has 384 valence electrons. The highest BCUT2D eigenvalue weighted by Crippen LogP contribution is 2.39. The molecular formula is C52H79N5O12. The molecule has 4 aliphatic rings. The van der Waals surface area contributed by atoms with Gasteiger partial charge >= 0.3 is 5.97 Å². The molecule has 0 spiro atoms. The SMILES string of the molecule is COC1C(=O)C(C)C[C@H](C)C=CC=CC=C(C)[C@@H](OC)C[C@@H]2CC[C@@H](C)[C@@](O)(O2)C(=O)C(=O)N2CCCC[C@H]2C(=O)O[C@H]([C@H](C)C[C@@H]2CC[C@H](n3cnnn3)[C@H](OC)C2)CC(=O)[C@H](C)C=C(C)[C@H]1O. The predicted octanol–water partition coefficient (Wildman–Crippen LogP) is 6.05. The van der Waals surface area contributed by atoms with Crippen LogP contribution < -0.4 is 0 Å². The second kappa shape index (κ2) is 25.7. The number of rotatable bonds is 7. The fourth-order valence-corrected chi connectivity index (χ4v) is 10.7. The second-order valence-electron chi connectivity index (χ2n) is 20.4. The Balaban J connectivity index is 1.46. The molecular weight excluding hydrogens is 887 g/mol. The van der Waals surface area contributed by atoms with Crippen LogP contribution in [0, 0.1) is 35.5 Å². The summed E-state index contributed by atoms with van der Waals surface area (Å²) in [7, 11) is 4.62. The van der Waals surface area contributed by atoms with Gasteiger partial charge in [-0.05, 0) is 117 Å². The number of aromatic nitrogens is 4. The molecule has 1 aliphatic carbocycles. The van der Waals surface area contributed by atoms with Gasteiger partial charge in [-0.15, -0.1) is 5.10 Å². The van der Waals surface area contributed by atoms with Crippen molar-refractivity contribution < 1.29 is 57.9 Å². The Hall–Kier alpha value is -4.26. The van der Waals surface area contributed by atoms with Crippen LogP contribution in [0.15, 0.2) is 53.9 Å². The topological polar surface area (TPSA) is 219 Å². The first-order valence-corrected chi connectivity index (χ1v) is 25.0. The number of tetrazole rings is 1. The standard InChI is InChI=1S/C52H79N5O12/c1-31-16-12-11-13-17-32(2)43(65-8)28-39-21-19-37(7)52(64,69-39)49(61)50(62)56-23-15-14-18-41(56)51(63)68-44(34(4)26-38-20-22-40(45(27-38)66-9)57-30-53-54-55-57)29-42(58)33(3)25-36(6)47(60)48(67-10)46(59)35(5)24-31/h11-13,16-17,25,30-31,33-35,37-41,43-45,47-48,60,64H,14-15,18-24,26-29H2,1-10H3/t31-,33-,34-,35?,37-,38+,39+,40+,41+,43+,44+,45-,47-,48?,52-/m1/s1. The number of Topliss-reactive ketones (excluding diaryl/α,β-unsaturated/α-hetero) is 3. The van der Waals surface area contributed by atoms with E-state index in [1.54, 1.807) is 52.1 Å². The Labute approximate surface area is 408 Å². The molecule has 2 N–H and O–H groups in total. The summed E-state index contributed by atoms with van der Waals surface area (Å²) < 4.78 is 31.6. The average molecular weight is 966 g/mol. The third-order valence-electron chi connectivity index (χ3n) is 15.2. The largest absolute Gasteiger partial charge is 0.460 e. The van der Waals surface area contributed by atoms with Crippen LogP contribution in [0.1, 0.15) is 132 Å². The van der Waals surface area contributed by atoms with E-state index in [1.165, 1.54) is 12.0 Å². The number of aliphatic hydroxyl groups is 2. The van der Waals surface area contributed by atoms with Gasteiger partial charge < -0.3 is 38.8 Å². The maximum atomic E-state index is 14.5. The molecule has 1 saturated carbocycles. The van der Waals surface area contributed by atoms with Crippen LogP contribution in [0.2, 0.25) is 0 Å². The molecule has 3 aliphatic heterocycles. The first-order chi connectivity index (χ1) is 32.8. The number of carbonyl (C=O) groups excluding carboxylic acids is 5. The lowest BCUT2D eigenvalue weighted by Gasteiger charge is -2.42. The molecule has 0 aromatic carbocycles. The van der Waals surface area contributed by atoms with Crippen LogP contribution in [0.4, 0.5) is 0 Å². The molecule has 0 radical (unpaired) electrons. The maximum absolute atomic E-state index is 14.5. The Morgan fingerprint density at radius 1 is 0.884 bits per heavy atom. The lowest BCUT2D eigenvalue weighted by molar-refractivity contribution is -0.265. The molecule has 2 unspecified atom stereocenters. The van der Waals surface area contributed by atoms with Crippen LogP contribution in [-0.2, 0) is 47.7 Å². The number of ketones is 3. The van der Waals surface area contributed by atoms with E-state index >= 15 is 0 Å². The van der Waals surface area contributed by atoms with Gasteiger partial charge in [0.15, 0.2) is 5.78 Å². The van der Waals surface area contributed by atoms with E-state index in [2.05, 4.69) is 15.5 Å². The van der Waals surface area contributed by atoms with E-state index in [0.29, 0.717) is 56.9 Å². The summed E-state index contributed by atoms with van der Waals surface area (Å²) >= 11 is 0. The van der Waals surface area contributed by atoms with Crippen molar-refractivity contribution in [3.8, 4) is 0 Å². The minimum absolute atomic E-state index is 0.0170. The molecule has 5 rings (SSSR count). The number of fused-ring (bicyclic) bond motifs is 3. The number of amides is 1. The van der Waals surface area contributed by atoms with E-state index in [4.69, 9.17) is 23.7 Å². The fraction of sp³-hybridized carbons (Fsp3) is 0.731. The molecule has 1 aromatic rings. The van der Waals surface area contributed by atoms with Gasteiger partial charge in [0, 0.05) is 58.5 Å². The van der Waals surface area contributed by atoms with Crippen molar-refractivity contribution in [3.05, 3.63) is 53.9 Å². The highest BCUT2D eigenvalue weighted by atomic mass is 16.6. The van der Waals surface area contributed by atoms with Crippen LogP contribution in [0.25, 0.3) is 0 Å². The van der Waals surface area contributed by atoms with Gasteiger partial charge in [0.1, 0.15) is 36.5 Å². The molecule has 2 saturated heterocycles. The molecule has 17 nitrogen and oxygen atoms in total. The van der Waals surface area contributed by atoms with Gasteiger partial charge in [-0.3, -0.25) is 19.2 Å². The lowest BCUT2D eigenvalue weighted by atomic mass is 9.77. The van der Waals surface area contributed by atoms with Gasteiger partial charge in [-0.2, -0.15) is 0 Å². The van der Waals surface area contributed by atoms with Gasteiger partial charge in [-0.1, -0.05) is 71.1 Å². The normalized spacial score (nSPS) is 36.3. The van der Waals surface area contributed by atoms with Crippen molar-refractivity contribution in [1.82, 2.24) is 25.1 Å². The highest BCUT2D eigenvalue weighted by Gasteiger charge is 2.53. The number of hydrogen-bond donors (Lipinski definition) is 2. The summed E-state index contributed by atoms with van der Waals surface area (Å²) in [5, 5.41) is 35.2. The van der Waals surface area contributed by atoms with Crippen molar-refractivity contribution in [1.29, 1.82) is 0 Å². The first-order valence-electron chi connectivity index (χ1n) is 25.0. The number of carbonyl (C=O) groups is 5. The van der Waals surface area contributed by atoms with E-state index in [0.717, 1.165) is 18.4 Å². The molecule has 1 aromatic heterocycles. The summed E-state index contributed by atoms with van der Waals surface area (Å²) in [6.45, 7) is 12.8. The number of methoxy groups -OCH3 is 3. The van der Waals surface area contributed by atoms with Crippen LogP contribution in [0.5, 0.6) is 0 Å². The summed E-state index contributed by atoms with van der Waals surface area (Å²) in [6.07, 6.45) is 13.9. The van der Waals surface area contributed by atoms with Crippen LogP contribution >= 0.6 is 0 Å². The Bertz CT molecular complexity index is 2020. The fourth-order valence-electron chi connectivity index (χ4n) is 10.7. The lowest BCUT2D eigenvalue weighted by Crippen LogP contribution is -2.61. The number of allylic oxidation sites excluding steroid dienone is 6. The van der Waals surface area contributed by atoms with E-state index in [1.807, 2.05) is 58.1 Å². The van der Waals surface area contributed by atoms with Gasteiger partial charge in [0.2, 0.25) is 5.79 Å². The highest BCUT2D eigenvalue weighted by molar-refractivity contribution is 6.39. The van der Waals surface area contributed by atoms with E-state index < -0.39 is 77.8 Å². The summed E-state index contributed by atoms with van der Waals surface area (Å²) in [6, 6.07) is -1.19. The van der Waals surface area contributed by atoms with Crippen molar-refractivity contribution >= 4 is 29.2 Å². The Morgan fingerprint density at radius 3 is 2.32 bits per heavy atom. The maximum Gasteiger partial charge on any atom is 0.329 e. The van der Waals surface area contributed by atoms with Gasteiger partial charge in [0.25, 0.3) is 11.7 Å². The first kappa shape index (κ1) is 55.7. The number of cyclic esters (lactones) is 1. The Kier molecular flexibility index (Phi) is 20.8. The van der Waals surface area contributed by atoms with Crippen molar-refractivity contribution in [2.75, 3.05) is 27.9 Å². The van der Waals surface area contributed by atoms with Crippen LogP contribution in [0.3, 0.4) is 0 Å². The van der Waals surface area contributed by atoms with E-state index in [-0.39, 0.29) is 60.9 Å². The predicted molar refractivity (Wildman–Crippen MR) is 256 cm³/mol. The smallest absolute Gasteiger partial charge is 0.329 e. The molecule has 69 heavy (non-hydrogen) atoms. The quantitative estimate of drug-likeness (QED) is 0.181. The van der Waals surface area contributed by atoms with Crippen molar-refractivity contribution in [2.24, 2.45) is 35.5 Å². The Morgan fingerprint density at radius 2 is 1.64 bits per heavy atom. The zero-order chi connectivity index (χ0) is 50.6. The number of nitrogens with zero attached hydrogens (tertiary/aromatic N) is 5. The second-order valence-corrected chi connectivity index (χ2v) is 20.4. The number of hydrogen-bond acceptors (Lipinski definition) is 15. The zero-order valence-corrected chi connectivity index (χ0v) is 42.5. The van der Waals surface area contributed by atoms with Crippen LogP contribution in [-0.4, -0.2) is 141 Å². The summed E-state index contributed by atoms with van der Waals surface area (Å²) in [5.74, 6) is -7.92. The molecule has 3 fully saturated rings. The number of esters is 1. The molecule has 4 heterocycles. The van der Waals surface area contributed by atoms with Gasteiger partial charge in [-0.25, -0.2) is 9.48 Å². The number of aliphatic hydroxyl groups excluding tert-OH is 1. The average Bonchev–Trinajstić information content (AvgIpc) is 3.88. The molecule has 1 amide bonds. The van der Waals surface area contributed by atoms with E-state index in [9.17, 15) is 34.2 Å². The number of piperidine rings is 1. The summed E-state index contributed by atoms with van der Waals surface area (Å²) in [5.41, 5.74) is 1.27. The zero-order valence-electron chi connectivity index (χ0n) is 42.5. The molecule has 2 bridgehead atoms. The molecule has 17 heteroatoms. The van der Waals surface area contributed by atoms with Crippen molar-refractivity contribution in [2.45, 2.75) is 180 Å².